The molecule has 11 nitrogen and oxygen atoms in total. The number of H-pyrrole nitrogens is 1. The van der Waals surface area contributed by atoms with Crippen LogP contribution in [0.3, 0.4) is 0 Å². The number of pyridine rings is 2. The summed E-state index contributed by atoms with van der Waals surface area (Å²) >= 11 is 1.60. The van der Waals surface area contributed by atoms with Crippen LogP contribution in [0.4, 0.5) is 15.2 Å². The van der Waals surface area contributed by atoms with Gasteiger partial charge in [0.2, 0.25) is 17.5 Å². The van der Waals surface area contributed by atoms with Crippen LogP contribution in [0, 0.1) is 0 Å². The Hall–Kier alpha value is -6.54. The van der Waals surface area contributed by atoms with Gasteiger partial charge in [-0.2, -0.15) is 0 Å². The number of nitrogens with zero attached hydrogens (tertiary/aromatic N) is 4. The Morgan fingerprint density at radius 2 is 1.42 bits per heavy atom. The van der Waals surface area contributed by atoms with Crippen LogP contribution in [0.2, 0.25) is 0 Å². The summed E-state index contributed by atoms with van der Waals surface area (Å²) < 4.78 is 33.9. The normalized spacial score (nSPS) is 18.4. The fourth-order valence-corrected chi connectivity index (χ4v) is 8.76. The second kappa shape index (κ2) is 17.8. The Balaban J connectivity index is 0.000000158. The van der Waals surface area contributed by atoms with Gasteiger partial charge in [-0.1, -0.05) is 41.7 Å². The molecule has 0 spiro atoms. The number of fused-ring (bicyclic) bond motifs is 2. The number of thiazole rings is 1. The highest BCUT2D eigenvalue weighted by atomic mass is 32.1. The number of carbonyl (C=O) groups excluding carboxylic acids is 1. The van der Waals surface area contributed by atoms with Crippen LogP contribution in [0.5, 0.6) is 23.3 Å². The molecule has 1 aliphatic carbocycles. The van der Waals surface area contributed by atoms with Gasteiger partial charge in [0.15, 0.2) is 11.0 Å². The summed E-state index contributed by atoms with van der Waals surface area (Å²) in [5.41, 5.74) is 3.49. The van der Waals surface area contributed by atoms with Gasteiger partial charge in [0.05, 0.1) is 32.4 Å². The number of anilines is 2. The van der Waals surface area contributed by atoms with Gasteiger partial charge in [0.1, 0.15) is 17.2 Å². The van der Waals surface area contributed by atoms with Crippen molar-refractivity contribution in [3.05, 3.63) is 156 Å². The van der Waals surface area contributed by atoms with E-state index in [1.54, 1.807) is 60.1 Å². The molecule has 62 heavy (non-hydrogen) atoms. The molecule has 13 heteroatoms. The summed E-state index contributed by atoms with van der Waals surface area (Å²) in [5, 5.41) is 14.4. The number of aromatic amines is 1. The van der Waals surface area contributed by atoms with E-state index in [2.05, 4.69) is 36.3 Å². The first-order valence-corrected chi connectivity index (χ1v) is 21.6. The Labute approximate surface area is 362 Å². The van der Waals surface area contributed by atoms with Crippen LogP contribution in [0.1, 0.15) is 78.7 Å². The maximum Gasteiger partial charge on any atom is 0.228 e. The number of ketones is 1. The second-order valence-electron chi connectivity index (χ2n) is 15.9. The number of alkyl halides is 1. The summed E-state index contributed by atoms with van der Waals surface area (Å²) in [5.74, 6) is 2.56. The van der Waals surface area contributed by atoms with Crippen LogP contribution in [0.25, 0.3) is 21.3 Å². The molecular weight excluding hydrogens is 804 g/mol. The van der Waals surface area contributed by atoms with Crippen molar-refractivity contribution in [1.82, 2.24) is 24.9 Å². The zero-order chi connectivity index (χ0) is 42.5. The Kier molecular flexibility index (Phi) is 11.7. The Bertz CT molecular complexity index is 2730. The standard InChI is InChI=1S/C26H25N3O3.C23H20FN3O2S/c1-26(31)14-12-17(13-15-26)20-5-4-16-27-25(20)32-19-10-8-18(9-11-19)23(30)24-28-21-6-2-3-7-22(21)29-24;24-23(11-14-28-15-12-23)18-4-3-13-25-21(18)29-17-9-7-16(8-10-17)26-22-27-19-5-1-2-6-20(19)30-22/h2-11,16-17,31H,12-15H2,1H3,(H,28,29);1-10,13H,11-12,14-15H2,(H,26,27). The number of aliphatic hydroxyl groups is 1. The minimum atomic E-state index is -1.48. The van der Waals surface area contributed by atoms with Crippen molar-refractivity contribution >= 4 is 49.2 Å². The minimum Gasteiger partial charge on any atom is -0.439 e. The Morgan fingerprint density at radius 1 is 0.774 bits per heavy atom. The van der Waals surface area contributed by atoms with E-state index >= 15 is 4.39 Å². The number of nitrogens with one attached hydrogen (secondary N) is 2. The molecule has 2 aliphatic rings. The summed E-state index contributed by atoms with van der Waals surface area (Å²) in [6, 6.07) is 37.6. The SMILES string of the molecule is CC1(O)CCC(c2cccnc2Oc2ccc(C(=O)c3nc4ccccc4[nH]3)cc2)CC1.FC1(c2cccnc2Oc2ccc(Nc3nc4ccccc4s3)cc2)CCOCC1. The van der Waals surface area contributed by atoms with Crippen LogP contribution in [0.15, 0.2) is 134 Å². The fraction of sp³-hybridized carbons (Fsp3) is 0.245. The molecule has 3 N–H and O–H groups in total. The summed E-state index contributed by atoms with van der Waals surface area (Å²) in [6.45, 7) is 2.70. The lowest BCUT2D eigenvalue weighted by Gasteiger charge is -2.33. The van der Waals surface area contributed by atoms with Crippen molar-refractivity contribution in [2.45, 2.75) is 62.6 Å². The van der Waals surface area contributed by atoms with Crippen molar-refractivity contribution in [3.63, 3.8) is 0 Å². The molecule has 4 aromatic heterocycles. The quantitative estimate of drug-likeness (QED) is 0.114. The third-order valence-corrected chi connectivity index (χ3v) is 12.3. The van der Waals surface area contributed by atoms with Crippen molar-refractivity contribution in [2.75, 3.05) is 18.5 Å². The monoisotopic (exact) mass is 848 g/mol. The average molecular weight is 849 g/mol. The third-order valence-electron chi connectivity index (χ3n) is 11.4. The average Bonchev–Trinajstić information content (AvgIpc) is 3.92. The van der Waals surface area contributed by atoms with Gasteiger partial charge in [-0.3, -0.25) is 4.79 Å². The van der Waals surface area contributed by atoms with E-state index in [1.165, 1.54) is 0 Å². The van der Waals surface area contributed by atoms with Crippen molar-refractivity contribution in [3.8, 4) is 23.3 Å². The lowest BCUT2D eigenvalue weighted by molar-refractivity contribution is -0.0126. The molecule has 4 aromatic carbocycles. The zero-order valence-electron chi connectivity index (χ0n) is 34.1. The highest BCUT2D eigenvalue weighted by Gasteiger charge is 2.37. The summed E-state index contributed by atoms with van der Waals surface area (Å²) in [7, 11) is 0. The smallest absolute Gasteiger partial charge is 0.228 e. The number of para-hydroxylation sites is 3. The number of benzene rings is 4. The number of carbonyl (C=O) groups is 1. The predicted octanol–water partition coefficient (Wildman–Crippen LogP) is 11.6. The number of ether oxygens (including phenoxy) is 3. The number of halogens is 1. The van der Waals surface area contributed by atoms with Crippen LogP contribution < -0.4 is 14.8 Å². The third kappa shape index (κ3) is 9.35. The lowest BCUT2D eigenvalue weighted by Crippen LogP contribution is -2.29. The van der Waals surface area contributed by atoms with E-state index in [9.17, 15) is 9.90 Å². The molecule has 314 valence electrons. The number of hydrogen-bond acceptors (Lipinski definition) is 11. The van der Waals surface area contributed by atoms with Gasteiger partial charge in [-0.15, -0.1) is 0 Å². The molecule has 5 heterocycles. The molecule has 0 atom stereocenters. The summed E-state index contributed by atoms with van der Waals surface area (Å²) in [6.07, 6.45) is 7.29. The van der Waals surface area contributed by atoms with Crippen molar-refractivity contribution < 1.29 is 28.5 Å². The maximum absolute atomic E-state index is 15.4. The second-order valence-corrected chi connectivity index (χ2v) is 16.9. The number of aromatic nitrogens is 5. The zero-order valence-corrected chi connectivity index (χ0v) is 34.9. The minimum absolute atomic E-state index is 0.166. The van der Waals surface area contributed by atoms with E-state index in [0.717, 1.165) is 63.3 Å². The largest absolute Gasteiger partial charge is 0.439 e. The molecule has 1 saturated carbocycles. The molecule has 2 fully saturated rings. The highest BCUT2D eigenvalue weighted by Crippen LogP contribution is 2.43. The van der Waals surface area contributed by atoms with E-state index < -0.39 is 11.3 Å². The first-order chi connectivity index (χ1) is 30.2. The van der Waals surface area contributed by atoms with E-state index in [-0.39, 0.29) is 5.78 Å². The van der Waals surface area contributed by atoms with Crippen LogP contribution in [-0.2, 0) is 10.4 Å². The molecule has 1 aliphatic heterocycles. The van der Waals surface area contributed by atoms with Gasteiger partial charge in [0, 0.05) is 55.3 Å². The molecule has 0 unspecified atom stereocenters. The predicted molar refractivity (Wildman–Crippen MR) is 239 cm³/mol. The van der Waals surface area contributed by atoms with Crippen LogP contribution >= 0.6 is 11.3 Å². The topological polar surface area (TPSA) is 144 Å². The van der Waals surface area contributed by atoms with E-state index in [4.69, 9.17) is 14.2 Å². The number of rotatable bonds is 10. The van der Waals surface area contributed by atoms with Crippen LogP contribution in [-0.4, -0.2) is 54.6 Å². The Morgan fingerprint density at radius 3 is 2.15 bits per heavy atom. The van der Waals surface area contributed by atoms with Gasteiger partial charge in [0.25, 0.3) is 0 Å². The molecule has 8 aromatic rings. The first kappa shape index (κ1) is 40.8. The lowest BCUT2D eigenvalue weighted by atomic mass is 9.77. The molecule has 0 amide bonds. The number of hydrogen-bond donors (Lipinski definition) is 3. The molecular formula is C49H45FN6O5S. The van der Waals surface area contributed by atoms with Gasteiger partial charge < -0.3 is 29.6 Å². The van der Waals surface area contributed by atoms with Gasteiger partial charge in [-0.25, -0.2) is 24.3 Å². The summed E-state index contributed by atoms with van der Waals surface area (Å²) in [4.78, 5) is 33.6. The van der Waals surface area contributed by atoms with Gasteiger partial charge >= 0.3 is 0 Å². The van der Waals surface area contributed by atoms with Crippen molar-refractivity contribution in [1.29, 1.82) is 0 Å². The fourth-order valence-electron chi connectivity index (χ4n) is 7.88. The maximum atomic E-state index is 15.4. The van der Waals surface area contributed by atoms with Crippen molar-refractivity contribution in [2.24, 2.45) is 0 Å². The molecule has 1 saturated heterocycles. The molecule has 0 radical (unpaired) electrons. The molecule has 0 bridgehead atoms. The van der Waals surface area contributed by atoms with Gasteiger partial charge in [-0.05, 0) is 130 Å². The number of imidazole rings is 1. The van der Waals surface area contributed by atoms with E-state index in [1.807, 2.05) is 85.8 Å². The highest BCUT2D eigenvalue weighted by molar-refractivity contribution is 7.22. The van der Waals surface area contributed by atoms with E-state index in [0.29, 0.717) is 72.2 Å². The first-order valence-electron chi connectivity index (χ1n) is 20.8. The molecule has 10 rings (SSSR count).